The first-order valence-electron chi connectivity index (χ1n) is 8.58. The van der Waals surface area contributed by atoms with Crippen molar-refractivity contribution < 1.29 is 9.84 Å². The zero-order valence-corrected chi connectivity index (χ0v) is 16.6. The van der Waals surface area contributed by atoms with Crippen molar-refractivity contribution in [1.82, 2.24) is 4.98 Å². The van der Waals surface area contributed by atoms with E-state index in [0.29, 0.717) is 28.1 Å². The number of nitriles is 1. The van der Waals surface area contributed by atoms with Gasteiger partial charge in [-0.2, -0.15) is 5.26 Å². The van der Waals surface area contributed by atoms with Gasteiger partial charge in [0, 0.05) is 22.9 Å². The van der Waals surface area contributed by atoms with E-state index in [2.05, 4.69) is 27.0 Å². The quantitative estimate of drug-likeness (QED) is 0.438. The number of fused-ring (bicyclic) bond motifs is 1. The number of phenols is 1. The molecule has 0 unspecified atom stereocenters. The monoisotopic (exact) mass is 430 g/mol. The molecule has 0 radical (unpaired) electrons. The highest BCUT2D eigenvalue weighted by molar-refractivity contribution is 9.10. The molecule has 1 N–H and O–H groups in total. The van der Waals surface area contributed by atoms with E-state index in [9.17, 15) is 10.4 Å². The number of methoxy groups -OCH3 is 1. The van der Waals surface area contributed by atoms with Crippen molar-refractivity contribution in [3.05, 3.63) is 76.9 Å². The smallest absolute Gasteiger partial charge is 0.140 e. The summed E-state index contributed by atoms with van der Waals surface area (Å²) in [6.45, 7) is 0. The molecule has 1 aromatic heterocycles. The second-order valence-corrected chi connectivity index (χ2v) is 7.08. The molecule has 4 aromatic rings. The van der Waals surface area contributed by atoms with Gasteiger partial charge >= 0.3 is 0 Å². The standard InChI is InChI=1S/C23H15BrN2O2/c1-28-23-17(7-4-8-19(23)24)18-11-20(26-13-15(18)12-25)22-16-6-3-2-5-14(16)9-10-21(22)27/h2-11,13,27H,1H3. The molecule has 136 valence electrons. The molecule has 1 heterocycles. The van der Waals surface area contributed by atoms with Crippen LogP contribution in [0.1, 0.15) is 5.56 Å². The first kappa shape index (κ1) is 18.0. The maximum Gasteiger partial charge on any atom is 0.140 e. The van der Waals surface area contributed by atoms with Gasteiger partial charge in [-0.3, -0.25) is 4.98 Å². The highest BCUT2D eigenvalue weighted by Gasteiger charge is 2.17. The van der Waals surface area contributed by atoms with E-state index >= 15 is 0 Å². The molecule has 0 saturated carbocycles. The van der Waals surface area contributed by atoms with Crippen molar-refractivity contribution in [1.29, 1.82) is 5.26 Å². The summed E-state index contributed by atoms with van der Waals surface area (Å²) < 4.78 is 6.34. The lowest BCUT2D eigenvalue weighted by Crippen LogP contribution is -1.95. The van der Waals surface area contributed by atoms with Crippen LogP contribution in [-0.4, -0.2) is 17.2 Å². The van der Waals surface area contributed by atoms with E-state index in [1.807, 2.05) is 54.6 Å². The van der Waals surface area contributed by atoms with Crippen LogP contribution in [0.25, 0.3) is 33.2 Å². The maximum atomic E-state index is 10.6. The van der Waals surface area contributed by atoms with Gasteiger partial charge in [0.1, 0.15) is 17.6 Å². The SMILES string of the molecule is COc1c(Br)cccc1-c1cc(-c2c(O)ccc3ccccc23)ncc1C#N. The number of halogens is 1. The molecular formula is C23H15BrN2O2. The lowest BCUT2D eigenvalue weighted by Gasteiger charge is -2.14. The second-order valence-electron chi connectivity index (χ2n) is 6.23. The molecule has 4 rings (SSSR count). The van der Waals surface area contributed by atoms with Gasteiger partial charge < -0.3 is 9.84 Å². The molecule has 4 nitrogen and oxygen atoms in total. The van der Waals surface area contributed by atoms with Crippen molar-refractivity contribution in [3.8, 4) is 40.0 Å². The van der Waals surface area contributed by atoms with Crippen LogP contribution in [0.15, 0.2) is 71.3 Å². The number of benzene rings is 3. The van der Waals surface area contributed by atoms with Gasteiger partial charge in [-0.05, 0) is 44.9 Å². The van der Waals surface area contributed by atoms with Gasteiger partial charge in [-0.25, -0.2) is 0 Å². The maximum absolute atomic E-state index is 10.6. The molecular weight excluding hydrogens is 416 g/mol. The molecule has 0 amide bonds. The number of hydrogen-bond acceptors (Lipinski definition) is 4. The Labute approximate surface area is 170 Å². The average Bonchev–Trinajstić information content (AvgIpc) is 2.73. The van der Waals surface area contributed by atoms with Crippen LogP contribution in [0.3, 0.4) is 0 Å². The highest BCUT2D eigenvalue weighted by atomic mass is 79.9. The van der Waals surface area contributed by atoms with E-state index in [0.717, 1.165) is 20.8 Å². The fourth-order valence-electron chi connectivity index (χ4n) is 3.36. The average molecular weight is 431 g/mol. The number of pyridine rings is 1. The predicted molar refractivity (Wildman–Crippen MR) is 113 cm³/mol. The minimum Gasteiger partial charge on any atom is -0.507 e. The molecule has 0 bridgehead atoms. The summed E-state index contributed by atoms with van der Waals surface area (Å²) in [5.41, 5.74) is 3.12. The molecule has 0 spiro atoms. The highest BCUT2D eigenvalue weighted by Crippen LogP contribution is 2.41. The fraction of sp³-hybridized carbons (Fsp3) is 0.0435. The Bertz CT molecular complexity index is 1250. The predicted octanol–water partition coefficient (Wildman–Crippen LogP) is 5.92. The third kappa shape index (κ3) is 2.98. The minimum absolute atomic E-state index is 0.142. The van der Waals surface area contributed by atoms with E-state index in [4.69, 9.17) is 4.74 Å². The third-order valence-corrected chi connectivity index (χ3v) is 5.27. The van der Waals surface area contributed by atoms with Crippen molar-refractivity contribution >= 4 is 26.7 Å². The van der Waals surface area contributed by atoms with Gasteiger partial charge in [0.2, 0.25) is 0 Å². The van der Waals surface area contributed by atoms with Crippen LogP contribution in [0.2, 0.25) is 0 Å². The third-order valence-electron chi connectivity index (χ3n) is 4.65. The number of phenolic OH excluding ortho intramolecular Hbond substituents is 1. The van der Waals surface area contributed by atoms with Gasteiger partial charge in [-0.15, -0.1) is 0 Å². The van der Waals surface area contributed by atoms with Crippen molar-refractivity contribution in [3.63, 3.8) is 0 Å². The molecule has 0 aliphatic heterocycles. The summed E-state index contributed by atoms with van der Waals surface area (Å²) in [5.74, 6) is 0.779. The summed E-state index contributed by atoms with van der Waals surface area (Å²) in [6.07, 6.45) is 1.53. The molecule has 5 heteroatoms. The summed E-state index contributed by atoms with van der Waals surface area (Å²) >= 11 is 3.50. The zero-order chi connectivity index (χ0) is 19.7. The lowest BCUT2D eigenvalue weighted by molar-refractivity contribution is 0.414. The van der Waals surface area contributed by atoms with Crippen LogP contribution in [-0.2, 0) is 0 Å². The summed E-state index contributed by atoms with van der Waals surface area (Å²) in [7, 11) is 1.59. The Morgan fingerprint density at radius 2 is 1.86 bits per heavy atom. The molecule has 3 aromatic carbocycles. The largest absolute Gasteiger partial charge is 0.507 e. The van der Waals surface area contributed by atoms with Crippen LogP contribution in [0.5, 0.6) is 11.5 Å². The zero-order valence-electron chi connectivity index (χ0n) is 15.0. The van der Waals surface area contributed by atoms with Crippen molar-refractivity contribution in [2.45, 2.75) is 0 Å². The van der Waals surface area contributed by atoms with E-state index in [1.54, 1.807) is 13.2 Å². The topological polar surface area (TPSA) is 66.1 Å². The number of aromatic nitrogens is 1. The number of hydrogen-bond donors (Lipinski definition) is 1. The number of ether oxygens (including phenoxy) is 1. The molecule has 0 aliphatic carbocycles. The van der Waals surface area contributed by atoms with Gasteiger partial charge in [0.05, 0.1) is 22.8 Å². The number of para-hydroxylation sites is 1. The van der Waals surface area contributed by atoms with Crippen molar-refractivity contribution in [2.75, 3.05) is 7.11 Å². The summed E-state index contributed by atoms with van der Waals surface area (Å²) in [6, 6.07) is 21.0. The summed E-state index contributed by atoms with van der Waals surface area (Å²) in [5, 5.41) is 22.1. The molecule has 28 heavy (non-hydrogen) atoms. The molecule has 0 fully saturated rings. The number of nitrogens with zero attached hydrogens (tertiary/aromatic N) is 2. The van der Waals surface area contributed by atoms with Crippen molar-refractivity contribution in [2.24, 2.45) is 0 Å². The Kier molecular flexibility index (Phi) is 4.72. The van der Waals surface area contributed by atoms with Gasteiger partial charge in [-0.1, -0.05) is 42.5 Å². The lowest BCUT2D eigenvalue weighted by atomic mass is 9.96. The fourth-order valence-corrected chi connectivity index (χ4v) is 3.89. The second kappa shape index (κ2) is 7.34. The molecule has 0 saturated heterocycles. The van der Waals surface area contributed by atoms with E-state index < -0.39 is 0 Å². The van der Waals surface area contributed by atoms with E-state index in [1.165, 1.54) is 6.20 Å². The van der Waals surface area contributed by atoms with E-state index in [-0.39, 0.29) is 5.75 Å². The number of aromatic hydroxyl groups is 1. The van der Waals surface area contributed by atoms with Crippen LogP contribution >= 0.6 is 15.9 Å². The van der Waals surface area contributed by atoms with Gasteiger partial charge in [0.25, 0.3) is 0 Å². The Balaban J connectivity index is 2.02. The first-order chi connectivity index (χ1) is 13.6. The van der Waals surface area contributed by atoms with Crippen LogP contribution < -0.4 is 4.74 Å². The van der Waals surface area contributed by atoms with Gasteiger partial charge in [0.15, 0.2) is 0 Å². The Morgan fingerprint density at radius 3 is 2.64 bits per heavy atom. The summed E-state index contributed by atoms with van der Waals surface area (Å²) in [4.78, 5) is 4.46. The molecule has 0 aliphatic rings. The van der Waals surface area contributed by atoms with Crippen LogP contribution in [0, 0.1) is 11.3 Å². The first-order valence-corrected chi connectivity index (χ1v) is 9.37. The normalized spacial score (nSPS) is 10.6. The Hall–Kier alpha value is -3.36. The number of rotatable bonds is 3. The molecule has 0 atom stereocenters. The van der Waals surface area contributed by atoms with Crippen LogP contribution in [0.4, 0.5) is 0 Å². The minimum atomic E-state index is 0.142. The Morgan fingerprint density at radius 1 is 1.04 bits per heavy atom.